The third-order valence-electron chi connectivity index (χ3n) is 5.05. The fraction of sp³-hybridized carbons (Fsp3) is 0.227. The summed E-state index contributed by atoms with van der Waals surface area (Å²) in [6.07, 6.45) is 2.35. The number of rotatable bonds is 7. The molecule has 8 heteroatoms. The number of nitrogens with one attached hydrogen (secondary N) is 2. The number of carbonyl (C=O) groups excluding carboxylic acids is 1. The average Bonchev–Trinajstić information content (AvgIpc) is 3.45. The van der Waals surface area contributed by atoms with Gasteiger partial charge in [-0.2, -0.15) is 0 Å². The molecule has 2 heterocycles. The average molecular weight is 426 g/mol. The van der Waals surface area contributed by atoms with Crippen LogP contribution in [0, 0.1) is 0 Å². The third-order valence-corrected chi connectivity index (χ3v) is 6.47. The molecule has 1 aromatic heterocycles. The molecule has 0 bridgehead atoms. The lowest BCUT2D eigenvalue weighted by atomic mass is 10.2. The molecule has 1 aliphatic heterocycles. The molecule has 1 unspecified atom stereocenters. The normalized spacial score (nSPS) is 16.5. The second-order valence-corrected chi connectivity index (χ2v) is 8.94. The molecule has 1 amide bonds. The number of sulfonamides is 1. The zero-order valence-electron chi connectivity index (χ0n) is 16.3. The highest BCUT2D eigenvalue weighted by atomic mass is 32.2. The monoisotopic (exact) mass is 425 g/mol. The minimum absolute atomic E-state index is 0.0690. The Balaban J connectivity index is 1.36. The van der Waals surface area contributed by atoms with Gasteiger partial charge in [-0.25, -0.2) is 13.1 Å². The van der Waals surface area contributed by atoms with E-state index in [9.17, 15) is 13.2 Å². The quantitative estimate of drug-likeness (QED) is 0.607. The first-order valence-corrected chi connectivity index (χ1v) is 11.2. The number of nitrogens with zero attached hydrogens (tertiary/aromatic N) is 1. The van der Waals surface area contributed by atoms with E-state index in [1.807, 2.05) is 30.3 Å². The number of para-hydroxylation sites is 1. The van der Waals surface area contributed by atoms with E-state index >= 15 is 0 Å². The maximum absolute atomic E-state index is 12.8. The Morgan fingerprint density at radius 2 is 1.80 bits per heavy atom. The van der Waals surface area contributed by atoms with E-state index in [-0.39, 0.29) is 23.4 Å². The first-order chi connectivity index (χ1) is 14.5. The first kappa shape index (κ1) is 20.2. The van der Waals surface area contributed by atoms with E-state index < -0.39 is 10.0 Å². The number of anilines is 1. The zero-order valence-corrected chi connectivity index (χ0v) is 17.1. The van der Waals surface area contributed by atoms with E-state index in [1.165, 1.54) is 18.4 Å². The summed E-state index contributed by atoms with van der Waals surface area (Å²) in [5.74, 6) is 0.429. The van der Waals surface area contributed by atoms with Crippen molar-refractivity contribution in [2.75, 3.05) is 18.4 Å². The van der Waals surface area contributed by atoms with Gasteiger partial charge in [0.15, 0.2) is 0 Å². The molecular weight excluding hydrogens is 402 g/mol. The van der Waals surface area contributed by atoms with Crippen molar-refractivity contribution in [3.05, 3.63) is 84.3 Å². The van der Waals surface area contributed by atoms with Gasteiger partial charge in [-0.1, -0.05) is 18.2 Å². The summed E-state index contributed by atoms with van der Waals surface area (Å²) < 4.78 is 32.5. The summed E-state index contributed by atoms with van der Waals surface area (Å²) in [7, 11) is -3.69. The molecule has 0 aliphatic carbocycles. The Kier molecular flexibility index (Phi) is 5.87. The van der Waals surface area contributed by atoms with Gasteiger partial charge in [-0.05, 0) is 55.0 Å². The number of benzene rings is 2. The molecule has 30 heavy (non-hydrogen) atoms. The molecule has 1 saturated heterocycles. The van der Waals surface area contributed by atoms with Crippen LogP contribution in [0.1, 0.15) is 22.5 Å². The first-order valence-electron chi connectivity index (χ1n) is 9.74. The number of hydrogen-bond donors (Lipinski definition) is 2. The number of likely N-dealkylation sites (tertiary alicyclic amines) is 1. The van der Waals surface area contributed by atoms with E-state index in [1.54, 1.807) is 29.2 Å². The molecule has 4 rings (SSSR count). The molecule has 1 fully saturated rings. The number of furan rings is 1. The van der Waals surface area contributed by atoms with Crippen molar-refractivity contribution in [1.82, 2.24) is 9.62 Å². The van der Waals surface area contributed by atoms with Crippen LogP contribution in [-0.4, -0.2) is 38.4 Å². The fourth-order valence-electron chi connectivity index (χ4n) is 3.45. The van der Waals surface area contributed by atoms with Crippen LogP contribution < -0.4 is 10.0 Å². The van der Waals surface area contributed by atoms with Crippen molar-refractivity contribution in [3.63, 3.8) is 0 Å². The van der Waals surface area contributed by atoms with Gasteiger partial charge in [0, 0.05) is 30.4 Å². The summed E-state index contributed by atoms with van der Waals surface area (Å²) >= 11 is 0. The minimum Gasteiger partial charge on any atom is -0.468 e. The van der Waals surface area contributed by atoms with Crippen molar-refractivity contribution in [2.45, 2.75) is 23.9 Å². The van der Waals surface area contributed by atoms with Crippen LogP contribution in [0.5, 0.6) is 0 Å². The lowest BCUT2D eigenvalue weighted by molar-refractivity contribution is 0.0791. The lowest BCUT2D eigenvalue weighted by Gasteiger charge is -2.18. The third kappa shape index (κ3) is 4.72. The summed E-state index contributed by atoms with van der Waals surface area (Å²) in [5.41, 5.74) is 1.51. The highest BCUT2D eigenvalue weighted by Gasteiger charge is 2.27. The van der Waals surface area contributed by atoms with Gasteiger partial charge in [0.1, 0.15) is 5.76 Å². The maximum atomic E-state index is 12.8. The number of carbonyl (C=O) groups is 1. The topological polar surface area (TPSA) is 91.6 Å². The molecule has 0 spiro atoms. The zero-order chi connectivity index (χ0) is 21.0. The van der Waals surface area contributed by atoms with Crippen LogP contribution in [0.25, 0.3) is 0 Å². The Morgan fingerprint density at radius 1 is 1.03 bits per heavy atom. The Morgan fingerprint density at radius 3 is 2.50 bits per heavy atom. The van der Waals surface area contributed by atoms with Crippen molar-refractivity contribution in [3.8, 4) is 0 Å². The molecule has 0 radical (unpaired) electrons. The smallest absolute Gasteiger partial charge is 0.253 e. The van der Waals surface area contributed by atoms with E-state index in [2.05, 4.69) is 10.0 Å². The second-order valence-electron chi connectivity index (χ2n) is 7.18. The summed E-state index contributed by atoms with van der Waals surface area (Å²) in [6, 6.07) is 19.5. The maximum Gasteiger partial charge on any atom is 0.253 e. The van der Waals surface area contributed by atoms with Gasteiger partial charge in [0.05, 0.1) is 17.7 Å². The van der Waals surface area contributed by atoms with Crippen molar-refractivity contribution in [2.24, 2.45) is 0 Å². The Bertz CT molecular complexity index is 1080. The highest BCUT2D eigenvalue weighted by molar-refractivity contribution is 7.89. The summed E-state index contributed by atoms with van der Waals surface area (Å²) in [6.45, 7) is 1.34. The van der Waals surface area contributed by atoms with Gasteiger partial charge in [-0.15, -0.1) is 0 Å². The van der Waals surface area contributed by atoms with Gasteiger partial charge >= 0.3 is 0 Å². The van der Waals surface area contributed by atoms with Gasteiger partial charge < -0.3 is 14.6 Å². The molecule has 3 aromatic rings. The Hall–Kier alpha value is -3.10. The fourth-order valence-corrected chi connectivity index (χ4v) is 4.45. The van der Waals surface area contributed by atoms with Gasteiger partial charge in [-0.3, -0.25) is 4.79 Å². The number of hydrogen-bond acceptors (Lipinski definition) is 5. The van der Waals surface area contributed by atoms with Crippen LogP contribution in [-0.2, 0) is 16.6 Å². The van der Waals surface area contributed by atoms with E-state index in [0.29, 0.717) is 24.4 Å². The molecule has 2 N–H and O–H groups in total. The summed E-state index contributed by atoms with van der Waals surface area (Å²) in [5, 5.41) is 3.44. The van der Waals surface area contributed by atoms with E-state index in [4.69, 9.17) is 4.42 Å². The SMILES string of the molecule is O=C(c1ccc(S(=O)(=O)NCc2ccco2)cc1)N1CCC(Nc2ccccc2)C1. The van der Waals surface area contributed by atoms with Crippen LogP contribution in [0.3, 0.4) is 0 Å². The Labute approximate surface area is 175 Å². The number of amides is 1. The van der Waals surface area contributed by atoms with Crippen LogP contribution in [0.2, 0.25) is 0 Å². The van der Waals surface area contributed by atoms with Crippen LogP contribution in [0.4, 0.5) is 5.69 Å². The minimum atomic E-state index is -3.69. The molecule has 7 nitrogen and oxygen atoms in total. The molecule has 156 valence electrons. The molecule has 1 aliphatic rings. The molecule has 1 atom stereocenters. The van der Waals surface area contributed by atoms with E-state index in [0.717, 1.165) is 12.1 Å². The second kappa shape index (κ2) is 8.73. The van der Waals surface area contributed by atoms with Gasteiger partial charge in [0.25, 0.3) is 5.91 Å². The van der Waals surface area contributed by atoms with Gasteiger partial charge in [0.2, 0.25) is 10.0 Å². The molecule has 0 saturated carbocycles. The molecular formula is C22H23N3O4S. The van der Waals surface area contributed by atoms with Crippen molar-refractivity contribution in [1.29, 1.82) is 0 Å². The predicted molar refractivity (Wildman–Crippen MR) is 114 cm³/mol. The largest absolute Gasteiger partial charge is 0.468 e. The van der Waals surface area contributed by atoms with Crippen LogP contribution in [0.15, 0.2) is 82.3 Å². The standard InChI is InChI=1S/C22H23N3O4S/c26-22(25-13-12-19(16-25)24-18-5-2-1-3-6-18)17-8-10-21(11-9-17)30(27,28)23-15-20-7-4-14-29-20/h1-11,14,19,23-24H,12-13,15-16H2. The summed E-state index contributed by atoms with van der Waals surface area (Å²) in [4.78, 5) is 14.7. The van der Waals surface area contributed by atoms with Crippen LogP contribution >= 0.6 is 0 Å². The highest BCUT2D eigenvalue weighted by Crippen LogP contribution is 2.19. The lowest BCUT2D eigenvalue weighted by Crippen LogP contribution is -2.31. The molecule has 2 aromatic carbocycles. The predicted octanol–water partition coefficient (Wildman–Crippen LogP) is 3.08. The van der Waals surface area contributed by atoms with Crippen molar-refractivity contribution < 1.29 is 17.6 Å². The van der Waals surface area contributed by atoms with Crippen molar-refractivity contribution >= 4 is 21.6 Å².